The van der Waals surface area contributed by atoms with Crippen LogP contribution in [0.15, 0.2) is 40.9 Å². The van der Waals surface area contributed by atoms with Crippen LogP contribution in [0, 0.1) is 31.6 Å². The van der Waals surface area contributed by atoms with Crippen molar-refractivity contribution in [2.24, 2.45) is 10.8 Å². The molecule has 0 unspecified atom stereocenters. The van der Waals surface area contributed by atoms with Gasteiger partial charge < -0.3 is 9.47 Å². The third kappa shape index (κ3) is 5.72. The summed E-state index contributed by atoms with van der Waals surface area (Å²) in [4.78, 5) is 45.4. The number of hydrogen-bond acceptors (Lipinski definition) is 8. The SMILES string of the molecule is COc1ccc(-c2cc(C)c(C)c(C(=O)NS(C)(=O)=O)n2)c(C)c1C1C2=C(CC(C)(C)CC2=O)OC2=C1C(=O)CC(C)(C)C2. The Hall–Kier alpha value is -3.79. The normalized spacial score (nSPS) is 19.8. The average Bonchev–Trinajstić information content (AvgIpc) is 2.86. The highest BCUT2D eigenvalue weighted by Gasteiger charge is 2.49. The Kier molecular flexibility index (Phi) is 7.68. The summed E-state index contributed by atoms with van der Waals surface area (Å²) in [6.07, 6.45) is 2.69. The monoisotopic (exact) mass is 620 g/mol. The van der Waals surface area contributed by atoms with E-state index in [1.807, 2.05) is 58.4 Å². The smallest absolute Gasteiger partial charge is 0.283 e. The van der Waals surface area contributed by atoms with Crippen LogP contribution in [0.4, 0.5) is 0 Å². The van der Waals surface area contributed by atoms with Gasteiger partial charge in [-0.3, -0.25) is 14.4 Å². The number of pyridine rings is 1. The molecule has 2 aromatic rings. The van der Waals surface area contributed by atoms with Crippen LogP contribution in [0.3, 0.4) is 0 Å². The second-order valence-electron chi connectivity index (χ2n) is 13.9. The number of carbonyl (C=O) groups is 3. The zero-order chi connectivity index (χ0) is 32.5. The van der Waals surface area contributed by atoms with Gasteiger partial charge in [-0.15, -0.1) is 0 Å². The number of ether oxygens (including phenoxy) is 2. The fourth-order valence-electron chi connectivity index (χ4n) is 6.79. The van der Waals surface area contributed by atoms with E-state index in [1.165, 1.54) is 0 Å². The van der Waals surface area contributed by atoms with Gasteiger partial charge in [0.25, 0.3) is 5.91 Å². The summed E-state index contributed by atoms with van der Waals surface area (Å²) in [5, 5.41) is 0. The van der Waals surface area contributed by atoms with Crippen LogP contribution in [0.2, 0.25) is 0 Å². The van der Waals surface area contributed by atoms with Gasteiger partial charge in [-0.1, -0.05) is 27.7 Å². The van der Waals surface area contributed by atoms with E-state index in [-0.39, 0.29) is 28.1 Å². The van der Waals surface area contributed by atoms with Gasteiger partial charge in [0, 0.05) is 48.0 Å². The number of aromatic nitrogens is 1. The van der Waals surface area contributed by atoms with Crippen molar-refractivity contribution < 1.29 is 32.3 Å². The van der Waals surface area contributed by atoms with E-state index in [4.69, 9.17) is 9.47 Å². The Morgan fingerprint density at radius 1 is 0.932 bits per heavy atom. The molecule has 234 valence electrons. The van der Waals surface area contributed by atoms with Crippen molar-refractivity contribution in [3.05, 3.63) is 68.8 Å². The maximum absolute atomic E-state index is 13.9. The van der Waals surface area contributed by atoms with Crippen LogP contribution in [0.25, 0.3) is 11.3 Å². The van der Waals surface area contributed by atoms with Gasteiger partial charge in [0.1, 0.15) is 23.0 Å². The second-order valence-corrected chi connectivity index (χ2v) is 15.7. The number of sulfonamides is 1. The highest BCUT2D eigenvalue weighted by molar-refractivity contribution is 7.89. The van der Waals surface area contributed by atoms with Crippen molar-refractivity contribution in [3.8, 4) is 17.0 Å². The molecule has 44 heavy (non-hydrogen) atoms. The number of Topliss-reactive ketones (excluding diaryl/α,β-unsaturated/α-hetero) is 2. The van der Waals surface area contributed by atoms with Crippen molar-refractivity contribution in [2.45, 2.75) is 80.1 Å². The first-order valence-corrected chi connectivity index (χ1v) is 16.6. The number of rotatable bonds is 5. The third-order valence-corrected chi connectivity index (χ3v) is 9.42. The topological polar surface area (TPSA) is 129 Å². The molecule has 0 fully saturated rings. The van der Waals surface area contributed by atoms with Gasteiger partial charge >= 0.3 is 0 Å². The molecule has 10 heteroatoms. The Morgan fingerprint density at radius 3 is 1.98 bits per heavy atom. The maximum atomic E-state index is 13.9. The number of ketones is 2. The first kappa shape index (κ1) is 31.6. The molecule has 0 radical (unpaired) electrons. The predicted molar refractivity (Wildman–Crippen MR) is 167 cm³/mol. The number of nitrogens with zero attached hydrogens (tertiary/aromatic N) is 1. The highest BCUT2D eigenvalue weighted by atomic mass is 32.2. The van der Waals surface area contributed by atoms with Gasteiger partial charge in [-0.05, 0) is 66.5 Å². The summed E-state index contributed by atoms with van der Waals surface area (Å²) >= 11 is 0. The van der Waals surface area contributed by atoms with Crippen molar-refractivity contribution in [2.75, 3.05) is 13.4 Å². The number of allylic oxidation sites excluding steroid dienone is 4. The number of carbonyl (C=O) groups excluding carboxylic acids is 3. The maximum Gasteiger partial charge on any atom is 0.283 e. The summed E-state index contributed by atoms with van der Waals surface area (Å²) in [6.45, 7) is 13.6. The van der Waals surface area contributed by atoms with E-state index in [1.54, 1.807) is 20.1 Å². The van der Waals surface area contributed by atoms with E-state index in [9.17, 15) is 22.8 Å². The zero-order valence-corrected chi connectivity index (χ0v) is 27.7. The summed E-state index contributed by atoms with van der Waals surface area (Å²) in [5.41, 5.74) is 4.25. The lowest BCUT2D eigenvalue weighted by Gasteiger charge is -2.43. The zero-order valence-electron chi connectivity index (χ0n) is 26.9. The summed E-state index contributed by atoms with van der Waals surface area (Å²) in [6, 6.07) is 5.46. The Bertz CT molecular complexity index is 1760. The second kappa shape index (κ2) is 10.7. The summed E-state index contributed by atoms with van der Waals surface area (Å²) < 4.78 is 38.0. The van der Waals surface area contributed by atoms with Gasteiger partial charge in [0.05, 0.1) is 25.0 Å². The van der Waals surface area contributed by atoms with Gasteiger partial charge in [0.15, 0.2) is 11.6 Å². The molecule has 3 aliphatic rings. The lowest BCUT2D eigenvalue weighted by molar-refractivity contribution is -0.120. The molecule has 0 atom stereocenters. The molecule has 2 aliphatic carbocycles. The molecule has 1 amide bonds. The van der Waals surface area contributed by atoms with Crippen LogP contribution in [-0.2, 0) is 24.3 Å². The molecular formula is C34H40N2O7S. The van der Waals surface area contributed by atoms with E-state index < -0.39 is 21.8 Å². The van der Waals surface area contributed by atoms with Crippen LogP contribution in [0.5, 0.6) is 5.75 Å². The number of benzene rings is 1. The molecule has 0 saturated carbocycles. The summed E-state index contributed by atoms with van der Waals surface area (Å²) in [5.74, 6) is 0.123. The van der Waals surface area contributed by atoms with Gasteiger partial charge in [0.2, 0.25) is 10.0 Å². The number of hydrogen-bond donors (Lipinski definition) is 1. The molecule has 9 nitrogen and oxygen atoms in total. The first-order valence-electron chi connectivity index (χ1n) is 14.7. The van der Waals surface area contributed by atoms with E-state index in [0.717, 1.165) is 17.4 Å². The number of methoxy groups -OCH3 is 1. The Morgan fingerprint density at radius 2 is 1.48 bits per heavy atom. The minimum Gasteiger partial charge on any atom is -0.496 e. The van der Waals surface area contributed by atoms with E-state index in [2.05, 4.69) is 4.98 Å². The fraction of sp³-hybridized carbons (Fsp3) is 0.471. The lowest BCUT2D eigenvalue weighted by atomic mass is 9.65. The number of aryl methyl sites for hydroxylation is 1. The van der Waals surface area contributed by atoms with Gasteiger partial charge in [-0.2, -0.15) is 0 Å². The molecule has 0 saturated heterocycles. The number of nitrogens with one attached hydrogen (secondary N) is 1. The quantitative estimate of drug-likeness (QED) is 0.446. The highest BCUT2D eigenvalue weighted by Crippen LogP contribution is 2.55. The molecule has 1 aromatic carbocycles. The van der Waals surface area contributed by atoms with Crippen LogP contribution >= 0.6 is 0 Å². The van der Waals surface area contributed by atoms with Crippen molar-refractivity contribution in [3.63, 3.8) is 0 Å². The average molecular weight is 621 g/mol. The van der Waals surface area contributed by atoms with Crippen LogP contribution < -0.4 is 9.46 Å². The minimum absolute atomic E-state index is 0.00220. The minimum atomic E-state index is -3.81. The molecule has 0 spiro atoms. The lowest BCUT2D eigenvalue weighted by Crippen LogP contribution is -2.38. The van der Waals surface area contributed by atoms with Crippen molar-refractivity contribution >= 4 is 27.5 Å². The van der Waals surface area contributed by atoms with Crippen LogP contribution in [0.1, 0.15) is 92.0 Å². The van der Waals surface area contributed by atoms with Gasteiger partial charge in [-0.25, -0.2) is 18.1 Å². The largest absolute Gasteiger partial charge is 0.496 e. The molecule has 1 aromatic heterocycles. The summed E-state index contributed by atoms with van der Waals surface area (Å²) in [7, 11) is -2.25. The molecule has 5 rings (SSSR count). The third-order valence-electron chi connectivity index (χ3n) is 8.87. The Labute approximate surface area is 259 Å². The Balaban J connectivity index is 1.77. The molecule has 0 bridgehead atoms. The van der Waals surface area contributed by atoms with Crippen LogP contribution in [-0.4, -0.2) is 44.2 Å². The predicted octanol–water partition coefficient (Wildman–Crippen LogP) is 5.77. The molecule has 1 aliphatic heterocycles. The van der Waals surface area contributed by atoms with Crippen molar-refractivity contribution in [1.82, 2.24) is 9.71 Å². The van der Waals surface area contributed by atoms with Crippen molar-refractivity contribution in [1.29, 1.82) is 0 Å². The first-order chi connectivity index (χ1) is 20.3. The van der Waals surface area contributed by atoms with E-state index >= 15 is 0 Å². The van der Waals surface area contributed by atoms with E-state index in [0.29, 0.717) is 76.5 Å². The molecule has 1 N–H and O–H groups in total. The number of amides is 1. The molecular weight excluding hydrogens is 580 g/mol. The fourth-order valence-corrected chi connectivity index (χ4v) is 7.23. The molecule has 2 heterocycles. The standard InChI is InChI=1S/C34H40N2O7S/c1-17-12-21(35-31(18(17)2)32(39)36-44(9,40)41)20-10-11-24(42-8)27(19(20)3)30-28-22(37)13-33(4,5)15-25(28)43-26-16-34(6,7)14-23(38)29(26)30/h10-12,30H,13-16H2,1-9H3,(H,36,39).